The summed E-state index contributed by atoms with van der Waals surface area (Å²) in [7, 11) is 0. The highest BCUT2D eigenvalue weighted by Crippen LogP contribution is 2.23. The van der Waals surface area contributed by atoms with Crippen LogP contribution in [0, 0.1) is 11.3 Å². The Morgan fingerprint density at radius 3 is 2.67 bits per heavy atom. The highest BCUT2D eigenvalue weighted by atomic mass is 35.5. The molecule has 108 valence electrons. The summed E-state index contributed by atoms with van der Waals surface area (Å²) in [5.41, 5.74) is 2.76. The average molecular weight is 300 g/mol. The van der Waals surface area contributed by atoms with E-state index >= 15 is 0 Å². The topological polar surface area (TPSA) is 48.7 Å². The molecule has 0 bridgehead atoms. The lowest BCUT2D eigenvalue weighted by Gasteiger charge is -2.15. The number of nitrogens with one attached hydrogen (secondary N) is 1. The molecule has 21 heavy (non-hydrogen) atoms. The second-order valence-corrected chi connectivity index (χ2v) is 5.37. The Balaban J connectivity index is 2.17. The zero-order chi connectivity index (χ0) is 15.2. The van der Waals surface area contributed by atoms with Gasteiger partial charge in [-0.3, -0.25) is 0 Å². The van der Waals surface area contributed by atoms with Gasteiger partial charge in [0.25, 0.3) is 0 Å². The maximum Gasteiger partial charge on any atom is 0.146 e. The van der Waals surface area contributed by atoms with Gasteiger partial charge >= 0.3 is 0 Å². The molecule has 0 radical (unpaired) electrons. The second-order valence-electron chi connectivity index (χ2n) is 4.99. The van der Waals surface area contributed by atoms with E-state index in [0.29, 0.717) is 29.0 Å². The third kappa shape index (κ3) is 3.74. The molecule has 1 aromatic carbocycles. The minimum Gasteiger partial charge on any atom is -0.368 e. The van der Waals surface area contributed by atoms with Crippen LogP contribution in [-0.4, -0.2) is 11.5 Å². The number of nitriles is 1. The lowest BCUT2D eigenvalue weighted by molar-refractivity contribution is 0.800. The minimum absolute atomic E-state index is 0.323. The largest absolute Gasteiger partial charge is 0.368 e. The zero-order valence-corrected chi connectivity index (χ0v) is 13.0. The van der Waals surface area contributed by atoms with Gasteiger partial charge in [-0.25, -0.2) is 4.98 Å². The highest BCUT2D eigenvalue weighted by Gasteiger charge is 2.12. The number of anilines is 1. The van der Waals surface area contributed by atoms with Crippen molar-refractivity contribution in [2.75, 3.05) is 11.9 Å². The van der Waals surface area contributed by atoms with Crippen molar-refractivity contribution in [3.05, 3.63) is 58.2 Å². The maximum absolute atomic E-state index is 9.33. The summed E-state index contributed by atoms with van der Waals surface area (Å²) >= 11 is 6.03. The molecular formula is C17H18ClN3. The number of hydrogen-bond acceptors (Lipinski definition) is 3. The fraction of sp³-hybridized carbons (Fsp3) is 0.294. The molecule has 1 unspecified atom stereocenters. The molecule has 1 aromatic heterocycles. The van der Waals surface area contributed by atoms with Crippen LogP contribution in [0.3, 0.4) is 0 Å². The summed E-state index contributed by atoms with van der Waals surface area (Å²) in [4.78, 5) is 4.25. The van der Waals surface area contributed by atoms with E-state index in [0.717, 1.165) is 12.0 Å². The van der Waals surface area contributed by atoms with Crippen molar-refractivity contribution < 1.29 is 0 Å². The van der Waals surface area contributed by atoms with E-state index in [-0.39, 0.29) is 0 Å². The third-order valence-electron chi connectivity index (χ3n) is 3.51. The maximum atomic E-state index is 9.33. The fourth-order valence-electron chi connectivity index (χ4n) is 2.24. The van der Waals surface area contributed by atoms with Gasteiger partial charge in [-0.05, 0) is 29.5 Å². The molecule has 0 fully saturated rings. The monoisotopic (exact) mass is 299 g/mol. The Morgan fingerprint density at radius 2 is 2.05 bits per heavy atom. The van der Waals surface area contributed by atoms with Crippen LogP contribution in [0.1, 0.15) is 36.5 Å². The van der Waals surface area contributed by atoms with Gasteiger partial charge in [-0.15, -0.1) is 0 Å². The lowest BCUT2D eigenvalue weighted by atomic mass is 10.0. The number of benzene rings is 1. The van der Waals surface area contributed by atoms with Gasteiger partial charge in [0, 0.05) is 6.54 Å². The Morgan fingerprint density at radius 1 is 1.33 bits per heavy atom. The van der Waals surface area contributed by atoms with Gasteiger partial charge < -0.3 is 5.32 Å². The van der Waals surface area contributed by atoms with Crippen LogP contribution in [0.4, 0.5) is 5.82 Å². The first kappa shape index (κ1) is 15.3. The van der Waals surface area contributed by atoms with Crippen LogP contribution in [-0.2, 0) is 6.42 Å². The standard InChI is InChI=1S/C17H18ClN3/c1-3-13-9-16(18)21-17(15(13)10-19)20-11-12(2)14-7-5-4-6-8-14/h4-9,12H,3,11H2,1-2H3,(H,20,21). The summed E-state index contributed by atoms with van der Waals surface area (Å²) in [6.45, 7) is 4.84. The summed E-state index contributed by atoms with van der Waals surface area (Å²) < 4.78 is 0. The normalized spacial score (nSPS) is 11.7. The van der Waals surface area contributed by atoms with E-state index in [9.17, 15) is 5.26 Å². The van der Waals surface area contributed by atoms with E-state index in [2.05, 4.69) is 35.4 Å². The molecule has 0 spiro atoms. The predicted octanol–water partition coefficient (Wildman–Crippen LogP) is 4.38. The first-order chi connectivity index (χ1) is 10.2. The Labute approximate surface area is 130 Å². The number of aromatic nitrogens is 1. The number of aryl methyl sites for hydroxylation is 1. The molecule has 0 aliphatic rings. The van der Waals surface area contributed by atoms with Crippen molar-refractivity contribution in [1.82, 2.24) is 4.98 Å². The number of rotatable bonds is 5. The Hall–Kier alpha value is -2.05. The van der Waals surface area contributed by atoms with Crippen molar-refractivity contribution in [2.24, 2.45) is 0 Å². The first-order valence-electron chi connectivity index (χ1n) is 7.04. The molecule has 2 rings (SSSR count). The zero-order valence-electron chi connectivity index (χ0n) is 12.2. The molecule has 0 aliphatic carbocycles. The van der Waals surface area contributed by atoms with Gasteiger partial charge in [-0.1, -0.05) is 55.8 Å². The summed E-state index contributed by atoms with van der Waals surface area (Å²) in [5, 5.41) is 13.0. The van der Waals surface area contributed by atoms with Crippen LogP contribution < -0.4 is 5.32 Å². The van der Waals surface area contributed by atoms with Crippen molar-refractivity contribution >= 4 is 17.4 Å². The fourth-order valence-corrected chi connectivity index (χ4v) is 2.46. The van der Waals surface area contributed by atoms with Gasteiger partial charge in [0.05, 0.1) is 5.56 Å². The molecule has 3 nitrogen and oxygen atoms in total. The Bertz CT molecular complexity index is 647. The molecule has 1 atom stereocenters. The smallest absolute Gasteiger partial charge is 0.146 e. The molecule has 1 heterocycles. The SMILES string of the molecule is CCc1cc(Cl)nc(NCC(C)c2ccccc2)c1C#N. The third-order valence-corrected chi connectivity index (χ3v) is 3.70. The first-order valence-corrected chi connectivity index (χ1v) is 7.41. The van der Waals surface area contributed by atoms with Crippen LogP contribution in [0.5, 0.6) is 0 Å². The minimum atomic E-state index is 0.323. The molecule has 2 aromatic rings. The van der Waals surface area contributed by atoms with Crippen LogP contribution in [0.2, 0.25) is 5.15 Å². The molecule has 0 amide bonds. The second kappa shape index (κ2) is 7.10. The van der Waals surface area contributed by atoms with Crippen LogP contribution >= 0.6 is 11.6 Å². The van der Waals surface area contributed by atoms with E-state index in [1.54, 1.807) is 6.07 Å². The van der Waals surface area contributed by atoms with Crippen molar-refractivity contribution in [2.45, 2.75) is 26.2 Å². The Kier molecular flexibility index (Phi) is 5.19. The molecule has 0 saturated carbocycles. The predicted molar refractivity (Wildman–Crippen MR) is 86.7 cm³/mol. The van der Waals surface area contributed by atoms with Crippen molar-refractivity contribution in [1.29, 1.82) is 5.26 Å². The highest BCUT2D eigenvalue weighted by molar-refractivity contribution is 6.29. The number of nitrogens with zero attached hydrogens (tertiary/aromatic N) is 2. The molecule has 1 N–H and O–H groups in total. The molecule has 0 saturated heterocycles. The number of hydrogen-bond donors (Lipinski definition) is 1. The quantitative estimate of drug-likeness (QED) is 0.833. The number of pyridine rings is 1. The summed E-state index contributed by atoms with van der Waals surface area (Å²) in [6, 6.07) is 14.2. The molecular weight excluding hydrogens is 282 g/mol. The van der Waals surface area contributed by atoms with E-state index in [1.165, 1.54) is 5.56 Å². The number of halogens is 1. The van der Waals surface area contributed by atoms with Crippen LogP contribution in [0.25, 0.3) is 0 Å². The lowest BCUT2D eigenvalue weighted by Crippen LogP contribution is -2.12. The summed E-state index contributed by atoms with van der Waals surface area (Å²) in [6.07, 6.45) is 0.758. The van der Waals surface area contributed by atoms with Gasteiger partial charge in [-0.2, -0.15) is 5.26 Å². The van der Waals surface area contributed by atoms with Gasteiger partial charge in [0.1, 0.15) is 17.0 Å². The molecule has 0 aliphatic heterocycles. The van der Waals surface area contributed by atoms with Crippen LogP contribution in [0.15, 0.2) is 36.4 Å². The van der Waals surface area contributed by atoms with E-state index in [1.807, 2.05) is 25.1 Å². The van der Waals surface area contributed by atoms with E-state index in [4.69, 9.17) is 11.6 Å². The van der Waals surface area contributed by atoms with E-state index < -0.39 is 0 Å². The van der Waals surface area contributed by atoms with Gasteiger partial charge in [0.15, 0.2) is 0 Å². The van der Waals surface area contributed by atoms with Crippen molar-refractivity contribution in [3.8, 4) is 6.07 Å². The summed E-state index contributed by atoms with van der Waals surface area (Å²) in [5.74, 6) is 0.897. The van der Waals surface area contributed by atoms with Crippen molar-refractivity contribution in [3.63, 3.8) is 0 Å². The molecule has 4 heteroatoms. The average Bonchev–Trinajstić information content (AvgIpc) is 2.52. The van der Waals surface area contributed by atoms with Gasteiger partial charge in [0.2, 0.25) is 0 Å².